The van der Waals surface area contributed by atoms with Crippen LogP contribution in [-0.4, -0.2) is 15.0 Å². The van der Waals surface area contributed by atoms with Gasteiger partial charge >= 0.3 is 31.1 Å². The molecule has 3 nitrogen and oxygen atoms in total. The summed E-state index contributed by atoms with van der Waals surface area (Å²) in [5, 5.41) is 0. The minimum absolute atomic E-state index is 0.864. The third-order valence-electron chi connectivity index (χ3n) is 2.56. The molecular weight excluding hydrogens is 497 g/mol. The Morgan fingerprint density at radius 1 is 0.800 bits per heavy atom. The quantitative estimate of drug-likeness (QED) is 0.495. The molecule has 0 amide bonds. The molecule has 0 N–H and O–H groups in total. The molecular formula is C15H10BrN3Pt. The second kappa shape index (κ2) is 8.03. The Morgan fingerprint density at radius 2 is 1.30 bits per heavy atom. The van der Waals surface area contributed by atoms with Crippen molar-refractivity contribution in [2.24, 2.45) is 0 Å². The molecule has 0 bridgehead atoms. The standard InChI is InChI=1S/C15H10N3.BrH.Pt/c1-3-7-17-14(5-1)12-9-13(11-16-10-12)15-6-2-4-8-18-15;;/h1-8,10-11H;1H;/q-1;;+2/p-1. The van der Waals surface area contributed by atoms with Gasteiger partial charge in [0.1, 0.15) is 0 Å². The molecule has 3 aromatic rings. The monoisotopic (exact) mass is 506 g/mol. The molecule has 0 aromatic carbocycles. The van der Waals surface area contributed by atoms with Gasteiger partial charge in [-0.3, -0.25) is 9.97 Å². The zero-order chi connectivity index (χ0) is 14.2. The van der Waals surface area contributed by atoms with Crippen LogP contribution in [0.2, 0.25) is 0 Å². The van der Waals surface area contributed by atoms with Crippen LogP contribution in [0.4, 0.5) is 0 Å². The van der Waals surface area contributed by atoms with E-state index in [1.54, 1.807) is 24.8 Å². The summed E-state index contributed by atoms with van der Waals surface area (Å²) < 4.78 is 0. The largest absolute Gasteiger partial charge is 0.341 e. The number of halogens is 1. The Balaban J connectivity index is 0.000000704. The van der Waals surface area contributed by atoms with E-state index in [0.29, 0.717) is 0 Å². The zero-order valence-electron chi connectivity index (χ0n) is 10.3. The maximum Gasteiger partial charge on any atom is 0.0183 e. The topological polar surface area (TPSA) is 38.7 Å². The second-order valence-electron chi connectivity index (χ2n) is 3.79. The number of nitrogens with zero attached hydrogens (tertiary/aromatic N) is 3. The summed E-state index contributed by atoms with van der Waals surface area (Å²) >= 11 is 4.86. The molecule has 20 heavy (non-hydrogen) atoms. The van der Waals surface area contributed by atoms with Crippen molar-refractivity contribution < 1.29 is 17.8 Å². The van der Waals surface area contributed by atoms with E-state index in [0.717, 1.165) is 22.5 Å². The minimum Gasteiger partial charge on any atom is -0.341 e. The molecule has 3 heterocycles. The first-order valence-corrected chi connectivity index (χ1v) is 10.7. The maximum atomic E-state index is 4.29. The molecule has 0 unspecified atom stereocenters. The van der Waals surface area contributed by atoms with E-state index in [2.05, 4.69) is 34.3 Å². The normalized spacial score (nSPS) is 9.55. The average Bonchev–Trinajstić information content (AvgIpc) is 2.58. The zero-order valence-corrected chi connectivity index (χ0v) is 14.2. The molecule has 0 radical (unpaired) electrons. The molecule has 0 aliphatic rings. The van der Waals surface area contributed by atoms with Gasteiger partial charge in [-0.05, 0) is 24.5 Å². The van der Waals surface area contributed by atoms with Crippen molar-refractivity contribution in [3.63, 3.8) is 0 Å². The molecule has 0 saturated heterocycles. The molecule has 5 heteroatoms. The smallest absolute Gasteiger partial charge is 0.0183 e. The Morgan fingerprint density at radius 3 is 1.70 bits per heavy atom. The van der Waals surface area contributed by atoms with Crippen LogP contribution in [0.25, 0.3) is 22.5 Å². The van der Waals surface area contributed by atoms with Crippen molar-refractivity contribution in [1.29, 1.82) is 0 Å². The van der Waals surface area contributed by atoms with Gasteiger partial charge in [0.25, 0.3) is 0 Å². The molecule has 3 rings (SSSR count). The van der Waals surface area contributed by atoms with E-state index < -0.39 is 0 Å². The number of hydrogen-bond acceptors (Lipinski definition) is 3. The Labute approximate surface area is 135 Å². The van der Waals surface area contributed by atoms with Gasteiger partial charge in [-0.1, -0.05) is 35.4 Å². The fourth-order valence-corrected chi connectivity index (χ4v) is 1.70. The number of pyridine rings is 3. The van der Waals surface area contributed by atoms with Gasteiger partial charge in [0.2, 0.25) is 0 Å². The van der Waals surface area contributed by atoms with Gasteiger partial charge in [-0.25, -0.2) is 0 Å². The van der Waals surface area contributed by atoms with Gasteiger partial charge in [0, 0.05) is 23.8 Å². The maximum absolute atomic E-state index is 4.29. The predicted octanol–water partition coefficient (Wildman–Crippen LogP) is 3.85. The first-order chi connectivity index (χ1) is 9.93. The van der Waals surface area contributed by atoms with E-state index >= 15 is 0 Å². The molecule has 0 saturated carbocycles. The molecule has 0 aliphatic heterocycles. The van der Waals surface area contributed by atoms with Crippen LogP contribution >= 0.6 is 13.3 Å². The van der Waals surface area contributed by atoms with E-state index in [1.807, 2.05) is 54.2 Å². The summed E-state index contributed by atoms with van der Waals surface area (Å²) in [6.45, 7) is 0. The molecule has 102 valence electrons. The third-order valence-corrected chi connectivity index (χ3v) is 2.56. The van der Waals surface area contributed by atoms with Crippen molar-refractivity contribution in [2.45, 2.75) is 0 Å². The number of hydrogen-bond donors (Lipinski definition) is 0. The first-order valence-electron chi connectivity index (χ1n) is 5.75. The average molecular weight is 507 g/mol. The minimum atomic E-state index is 0.864. The van der Waals surface area contributed by atoms with E-state index in [9.17, 15) is 0 Å². The SMILES string of the molecule is [Br][Pt+].[c-]1c(-c2ccccn2)cncc1-c1ccccn1. The fraction of sp³-hybridized carbons (Fsp3) is 0. The Hall–Kier alpha value is -1.38. The Kier molecular flexibility index (Phi) is 6.03. The van der Waals surface area contributed by atoms with Crippen molar-refractivity contribution in [2.75, 3.05) is 0 Å². The van der Waals surface area contributed by atoms with Crippen LogP contribution in [0, 0.1) is 6.07 Å². The van der Waals surface area contributed by atoms with Gasteiger partial charge in [-0.15, -0.1) is 6.07 Å². The van der Waals surface area contributed by atoms with Gasteiger partial charge in [0.15, 0.2) is 0 Å². The first kappa shape index (κ1) is 15.0. The summed E-state index contributed by atoms with van der Waals surface area (Å²) in [6.07, 6.45) is 7.04. The third kappa shape index (κ3) is 3.81. The Bertz CT molecular complexity index is 593. The van der Waals surface area contributed by atoms with Gasteiger partial charge in [0.05, 0.1) is 0 Å². The fourth-order valence-electron chi connectivity index (χ4n) is 1.70. The molecule has 0 spiro atoms. The molecule has 0 atom stereocenters. The molecule has 0 aliphatic carbocycles. The van der Waals surface area contributed by atoms with Gasteiger partial charge in [-0.2, -0.15) is 0 Å². The second-order valence-corrected chi connectivity index (χ2v) is 3.79. The summed E-state index contributed by atoms with van der Waals surface area (Å²) in [7, 11) is 0. The van der Waals surface area contributed by atoms with Crippen LogP contribution in [0.3, 0.4) is 0 Å². The summed E-state index contributed by atoms with van der Waals surface area (Å²) in [5.41, 5.74) is 3.48. The molecule has 0 fully saturated rings. The van der Waals surface area contributed by atoms with Crippen molar-refractivity contribution >= 4 is 13.3 Å². The van der Waals surface area contributed by atoms with E-state index in [-0.39, 0.29) is 0 Å². The van der Waals surface area contributed by atoms with Crippen molar-refractivity contribution in [1.82, 2.24) is 15.0 Å². The summed E-state index contributed by atoms with van der Waals surface area (Å²) in [6, 6.07) is 14.8. The predicted molar refractivity (Wildman–Crippen MR) is 78.5 cm³/mol. The van der Waals surface area contributed by atoms with Crippen LogP contribution in [0.1, 0.15) is 0 Å². The summed E-state index contributed by atoms with van der Waals surface area (Å²) in [5.74, 6) is 0. The van der Waals surface area contributed by atoms with Crippen LogP contribution in [0.15, 0.2) is 61.2 Å². The number of rotatable bonds is 2. The van der Waals surface area contributed by atoms with Crippen molar-refractivity contribution in [3.8, 4) is 22.5 Å². The number of aromatic nitrogens is 3. The van der Waals surface area contributed by atoms with E-state index in [4.69, 9.17) is 0 Å². The van der Waals surface area contributed by atoms with Crippen LogP contribution in [-0.2, 0) is 17.8 Å². The summed E-state index contributed by atoms with van der Waals surface area (Å²) in [4.78, 5) is 12.8. The van der Waals surface area contributed by atoms with E-state index in [1.165, 1.54) is 0 Å². The van der Waals surface area contributed by atoms with Crippen molar-refractivity contribution in [3.05, 3.63) is 67.3 Å². The van der Waals surface area contributed by atoms with Crippen LogP contribution in [0.5, 0.6) is 0 Å². The van der Waals surface area contributed by atoms with Crippen LogP contribution < -0.4 is 0 Å². The van der Waals surface area contributed by atoms with Gasteiger partial charge < -0.3 is 4.98 Å². The molecule has 3 aromatic heterocycles.